The first-order valence-electron chi connectivity index (χ1n) is 7.28. The number of fused-ring (bicyclic) bond motifs is 1. The minimum atomic E-state index is 0.342. The van der Waals surface area contributed by atoms with Crippen molar-refractivity contribution in [3.63, 3.8) is 0 Å². The van der Waals surface area contributed by atoms with Crippen LogP contribution in [0.25, 0.3) is 0 Å². The van der Waals surface area contributed by atoms with Crippen LogP contribution in [0.5, 0.6) is 0 Å². The van der Waals surface area contributed by atoms with Crippen LogP contribution >= 0.6 is 0 Å². The molecule has 0 aromatic heterocycles. The third-order valence-corrected chi connectivity index (χ3v) is 5.02. The zero-order chi connectivity index (χ0) is 12.5. The van der Waals surface area contributed by atoms with E-state index < -0.39 is 0 Å². The number of piperidine rings is 1. The van der Waals surface area contributed by atoms with Crippen LogP contribution in [0.3, 0.4) is 0 Å². The molecule has 18 heavy (non-hydrogen) atoms. The topological polar surface area (TPSA) is 29.3 Å². The lowest BCUT2D eigenvalue weighted by Crippen LogP contribution is -2.57. The van der Waals surface area contributed by atoms with E-state index in [9.17, 15) is 0 Å². The summed E-state index contributed by atoms with van der Waals surface area (Å²) < 4.78 is 0. The van der Waals surface area contributed by atoms with Gasteiger partial charge in [-0.25, -0.2) is 0 Å². The second kappa shape index (κ2) is 5.02. The van der Waals surface area contributed by atoms with E-state index in [1.165, 1.54) is 31.2 Å². The Bertz CT molecular complexity index is 389. The number of benzene rings is 1. The van der Waals surface area contributed by atoms with Gasteiger partial charge in [-0.3, -0.25) is 0 Å². The molecule has 1 aliphatic heterocycles. The normalized spacial score (nSPS) is 37.2. The highest BCUT2D eigenvalue weighted by molar-refractivity contribution is 5.23. The fraction of sp³-hybridized carbons (Fsp3) is 0.625. The molecule has 0 amide bonds. The van der Waals surface area contributed by atoms with Crippen LogP contribution in [0.2, 0.25) is 0 Å². The molecule has 2 nitrogen and oxygen atoms in total. The minimum absolute atomic E-state index is 0.342. The summed E-state index contributed by atoms with van der Waals surface area (Å²) in [6.07, 6.45) is 5.41. The van der Waals surface area contributed by atoms with Crippen LogP contribution in [0.1, 0.15) is 37.2 Å². The number of likely N-dealkylation sites (tertiary alicyclic amines) is 1. The first-order valence-corrected chi connectivity index (χ1v) is 7.28. The lowest BCUT2D eigenvalue weighted by molar-refractivity contribution is 0.0533. The zero-order valence-corrected chi connectivity index (χ0v) is 11.3. The van der Waals surface area contributed by atoms with Gasteiger partial charge in [0.2, 0.25) is 0 Å². The quantitative estimate of drug-likeness (QED) is 0.823. The van der Waals surface area contributed by atoms with Crippen LogP contribution < -0.4 is 5.73 Å². The number of hydrogen-bond donors (Lipinski definition) is 1. The molecule has 4 atom stereocenters. The van der Waals surface area contributed by atoms with Crippen LogP contribution in [-0.2, 0) is 0 Å². The Labute approximate surface area is 110 Å². The lowest BCUT2D eigenvalue weighted by Gasteiger charge is -2.49. The molecule has 2 aliphatic rings. The Kier molecular flexibility index (Phi) is 3.40. The monoisotopic (exact) mass is 244 g/mol. The van der Waals surface area contributed by atoms with Gasteiger partial charge < -0.3 is 10.6 Å². The third-order valence-electron chi connectivity index (χ3n) is 5.02. The van der Waals surface area contributed by atoms with E-state index in [1.54, 1.807) is 0 Å². The van der Waals surface area contributed by atoms with Gasteiger partial charge >= 0.3 is 0 Å². The maximum Gasteiger partial charge on any atom is 0.0164 e. The Morgan fingerprint density at radius 3 is 2.61 bits per heavy atom. The van der Waals surface area contributed by atoms with Gasteiger partial charge in [-0.15, -0.1) is 0 Å². The summed E-state index contributed by atoms with van der Waals surface area (Å²) in [6, 6.07) is 11.9. The summed E-state index contributed by atoms with van der Waals surface area (Å²) in [6.45, 7) is 1.12. The number of hydrogen-bond acceptors (Lipinski definition) is 2. The first-order chi connectivity index (χ1) is 8.77. The highest BCUT2D eigenvalue weighted by atomic mass is 15.2. The van der Waals surface area contributed by atoms with Crippen molar-refractivity contribution in [3.8, 4) is 0 Å². The molecule has 1 saturated heterocycles. The largest absolute Gasteiger partial charge is 0.327 e. The van der Waals surface area contributed by atoms with Crippen LogP contribution in [0.15, 0.2) is 30.3 Å². The summed E-state index contributed by atoms with van der Waals surface area (Å²) in [5.74, 6) is 1.21. The predicted octanol–water partition coefficient (Wildman–Crippen LogP) is 2.60. The van der Waals surface area contributed by atoms with Gasteiger partial charge in [0.05, 0.1) is 0 Å². The number of rotatable bonds is 1. The van der Waals surface area contributed by atoms with Gasteiger partial charge in [0.15, 0.2) is 0 Å². The van der Waals surface area contributed by atoms with Gasteiger partial charge in [0.25, 0.3) is 0 Å². The molecule has 1 heterocycles. The standard InChI is InChI=1S/C16H24N2/c1-18-11-14(12-7-3-2-4-8-12)16(17)13-9-5-6-10-15(13)18/h2-4,7-8,13-16H,5-6,9-11,17H2,1H3. The van der Waals surface area contributed by atoms with Crippen LogP contribution in [-0.4, -0.2) is 30.6 Å². The predicted molar refractivity (Wildman–Crippen MR) is 75.5 cm³/mol. The van der Waals surface area contributed by atoms with Crippen molar-refractivity contribution in [2.75, 3.05) is 13.6 Å². The van der Waals surface area contributed by atoms with E-state index in [0.717, 1.165) is 12.6 Å². The molecule has 2 N–H and O–H groups in total. The van der Waals surface area contributed by atoms with Crippen molar-refractivity contribution in [3.05, 3.63) is 35.9 Å². The average Bonchev–Trinajstić information content (AvgIpc) is 2.44. The number of nitrogens with zero attached hydrogens (tertiary/aromatic N) is 1. The maximum absolute atomic E-state index is 6.60. The molecule has 4 unspecified atom stereocenters. The molecule has 0 spiro atoms. The third kappa shape index (κ3) is 2.08. The highest BCUT2D eigenvalue weighted by Gasteiger charge is 2.41. The molecule has 1 aliphatic carbocycles. The van der Waals surface area contributed by atoms with Crippen LogP contribution in [0.4, 0.5) is 0 Å². The summed E-state index contributed by atoms with van der Waals surface area (Å²) in [5.41, 5.74) is 8.02. The Morgan fingerprint density at radius 2 is 1.83 bits per heavy atom. The SMILES string of the molecule is CN1CC(c2ccccc2)C(N)C2CCCCC21. The van der Waals surface area contributed by atoms with E-state index in [1.807, 2.05) is 0 Å². The molecule has 3 rings (SSSR count). The smallest absolute Gasteiger partial charge is 0.0164 e. The van der Waals surface area contributed by atoms with Crippen molar-refractivity contribution in [2.24, 2.45) is 11.7 Å². The molecule has 1 aromatic carbocycles. The fourth-order valence-electron chi connectivity index (χ4n) is 4.03. The summed E-state index contributed by atoms with van der Waals surface area (Å²) in [7, 11) is 2.28. The van der Waals surface area contributed by atoms with E-state index in [-0.39, 0.29) is 0 Å². The molecule has 1 saturated carbocycles. The molecule has 1 aromatic rings. The zero-order valence-electron chi connectivity index (χ0n) is 11.3. The van der Waals surface area contributed by atoms with Crippen molar-refractivity contribution >= 4 is 0 Å². The summed E-state index contributed by atoms with van der Waals surface area (Å²) in [4.78, 5) is 2.56. The molecular weight excluding hydrogens is 220 g/mol. The molecule has 0 radical (unpaired) electrons. The van der Waals surface area contributed by atoms with Gasteiger partial charge in [0, 0.05) is 24.5 Å². The van der Waals surface area contributed by atoms with E-state index in [2.05, 4.69) is 42.3 Å². The number of likely N-dealkylation sites (N-methyl/N-ethyl adjacent to an activating group) is 1. The lowest BCUT2D eigenvalue weighted by atomic mass is 9.70. The van der Waals surface area contributed by atoms with E-state index >= 15 is 0 Å². The van der Waals surface area contributed by atoms with Gasteiger partial charge in [-0.05, 0) is 31.4 Å². The molecule has 0 bridgehead atoms. The van der Waals surface area contributed by atoms with Gasteiger partial charge in [0.1, 0.15) is 0 Å². The summed E-state index contributed by atoms with van der Waals surface area (Å²) in [5, 5.41) is 0. The Morgan fingerprint density at radius 1 is 1.11 bits per heavy atom. The Hall–Kier alpha value is -0.860. The molecule has 2 heteroatoms. The van der Waals surface area contributed by atoms with Crippen LogP contribution in [0, 0.1) is 5.92 Å². The van der Waals surface area contributed by atoms with E-state index in [0.29, 0.717) is 17.9 Å². The van der Waals surface area contributed by atoms with E-state index in [4.69, 9.17) is 5.73 Å². The Balaban J connectivity index is 1.85. The second-order valence-corrected chi connectivity index (χ2v) is 6.05. The minimum Gasteiger partial charge on any atom is -0.327 e. The highest BCUT2D eigenvalue weighted by Crippen LogP contribution is 2.39. The van der Waals surface area contributed by atoms with Gasteiger partial charge in [-0.1, -0.05) is 43.2 Å². The molecule has 2 fully saturated rings. The van der Waals surface area contributed by atoms with Crippen molar-refractivity contribution in [2.45, 2.75) is 43.7 Å². The first kappa shape index (κ1) is 12.2. The summed E-state index contributed by atoms with van der Waals surface area (Å²) >= 11 is 0. The van der Waals surface area contributed by atoms with Crippen molar-refractivity contribution < 1.29 is 0 Å². The van der Waals surface area contributed by atoms with Crippen molar-refractivity contribution in [1.29, 1.82) is 0 Å². The molecular formula is C16H24N2. The maximum atomic E-state index is 6.60. The molecule has 98 valence electrons. The second-order valence-electron chi connectivity index (χ2n) is 6.05. The number of nitrogens with two attached hydrogens (primary N) is 1. The van der Waals surface area contributed by atoms with Gasteiger partial charge in [-0.2, -0.15) is 0 Å². The fourth-order valence-corrected chi connectivity index (χ4v) is 4.03. The van der Waals surface area contributed by atoms with Crippen molar-refractivity contribution in [1.82, 2.24) is 4.90 Å². The average molecular weight is 244 g/mol.